The van der Waals surface area contributed by atoms with E-state index in [1.807, 2.05) is 182 Å². The molecule has 3 aliphatic rings. The summed E-state index contributed by atoms with van der Waals surface area (Å²) in [6.07, 6.45) is -9.96. The highest BCUT2D eigenvalue weighted by Gasteiger charge is 2.57. The zero-order chi connectivity index (χ0) is 51.2. The van der Waals surface area contributed by atoms with E-state index in [0.717, 1.165) is 38.3 Å². The number of hydrogen-bond donors (Lipinski definition) is 1. The van der Waals surface area contributed by atoms with E-state index in [1.54, 1.807) is 24.3 Å². The van der Waals surface area contributed by atoms with Crippen LogP contribution in [0.1, 0.15) is 54.1 Å². The molecular formula is C62H61NO12. The van der Waals surface area contributed by atoms with Gasteiger partial charge in [0.05, 0.1) is 64.0 Å². The second-order valence-electron chi connectivity index (χ2n) is 18.8. The van der Waals surface area contributed by atoms with Crippen LogP contribution >= 0.6 is 0 Å². The highest BCUT2D eigenvalue weighted by atomic mass is 16.7. The number of benzene rings is 7. The number of amides is 2. The van der Waals surface area contributed by atoms with Gasteiger partial charge in [-0.05, 0) is 45.5 Å². The third-order valence-corrected chi connectivity index (χ3v) is 13.6. The number of rotatable bonds is 23. The van der Waals surface area contributed by atoms with Gasteiger partial charge in [0.1, 0.15) is 48.8 Å². The van der Waals surface area contributed by atoms with Gasteiger partial charge in [-0.1, -0.05) is 194 Å². The van der Waals surface area contributed by atoms with Gasteiger partial charge in [0, 0.05) is 0 Å². The van der Waals surface area contributed by atoms with Gasteiger partial charge in [0.2, 0.25) is 0 Å². The summed E-state index contributed by atoms with van der Waals surface area (Å²) in [7, 11) is 0. The van der Waals surface area contributed by atoms with Gasteiger partial charge < -0.3 is 47.7 Å². The number of carbonyl (C=O) groups excluding carboxylic acids is 2. The zero-order valence-corrected chi connectivity index (χ0v) is 41.4. The van der Waals surface area contributed by atoms with Crippen LogP contribution in [0.5, 0.6) is 0 Å². The summed E-state index contributed by atoms with van der Waals surface area (Å²) in [5.74, 6) is -1.20. The lowest BCUT2D eigenvalue weighted by Crippen LogP contribution is -2.69. The minimum absolute atomic E-state index is 0.0168. The average Bonchev–Trinajstić information content (AvgIpc) is 3.71. The van der Waals surface area contributed by atoms with Crippen molar-refractivity contribution in [3.05, 3.63) is 251 Å². The summed E-state index contributed by atoms with van der Waals surface area (Å²) in [6.45, 7) is 1.01. The summed E-state index contributed by atoms with van der Waals surface area (Å²) in [5, 5.41) is 12.3. The van der Waals surface area contributed by atoms with Crippen LogP contribution < -0.4 is 0 Å². The quantitative estimate of drug-likeness (QED) is 0.0611. The van der Waals surface area contributed by atoms with Crippen LogP contribution in [0.15, 0.2) is 206 Å². The third kappa shape index (κ3) is 13.0. The molecule has 7 aromatic carbocycles. The fourth-order valence-electron chi connectivity index (χ4n) is 9.80. The van der Waals surface area contributed by atoms with Gasteiger partial charge in [-0.15, -0.1) is 0 Å². The molecule has 13 nitrogen and oxygen atoms in total. The molecule has 3 aliphatic heterocycles. The molecule has 10 rings (SSSR count). The van der Waals surface area contributed by atoms with E-state index >= 15 is 0 Å². The molecule has 75 heavy (non-hydrogen) atoms. The molecule has 13 heteroatoms. The van der Waals surface area contributed by atoms with Crippen molar-refractivity contribution in [3.8, 4) is 0 Å². The van der Waals surface area contributed by atoms with Crippen molar-refractivity contribution in [2.75, 3.05) is 13.2 Å². The number of aliphatic hydroxyl groups excluding tert-OH is 1. The molecule has 2 saturated heterocycles. The number of nitrogens with zero attached hydrogens (tertiary/aromatic N) is 1. The highest BCUT2D eigenvalue weighted by molar-refractivity contribution is 6.21. The molecule has 10 atom stereocenters. The van der Waals surface area contributed by atoms with Crippen molar-refractivity contribution in [1.29, 1.82) is 0 Å². The Morgan fingerprint density at radius 3 is 1.12 bits per heavy atom. The molecule has 0 bridgehead atoms. The SMILES string of the molecule is O=C1c2ccccc2C(=O)N1[C@H]1C(O)O[C@H](COCc2ccccc2)[C@@H](OC2O[C@H](COCc3ccccc3)[C@@H](OCc3ccccc3)[C@H](OCc3ccccc3)[C@H]2OCc2ccccc2)[C@@H]1OCc1ccccc1. The smallest absolute Gasteiger partial charge is 0.262 e. The molecule has 0 aromatic heterocycles. The Hall–Kier alpha value is -6.72. The monoisotopic (exact) mass is 1010 g/mol. The van der Waals surface area contributed by atoms with Crippen LogP contribution in [0.3, 0.4) is 0 Å². The van der Waals surface area contributed by atoms with E-state index in [2.05, 4.69) is 0 Å². The minimum Gasteiger partial charge on any atom is -0.374 e. The molecule has 0 aliphatic carbocycles. The summed E-state index contributed by atoms with van der Waals surface area (Å²) in [4.78, 5) is 29.9. The van der Waals surface area contributed by atoms with Crippen molar-refractivity contribution in [3.63, 3.8) is 0 Å². The lowest BCUT2D eigenvalue weighted by Gasteiger charge is -2.50. The topological polar surface area (TPSA) is 141 Å². The predicted octanol–water partition coefficient (Wildman–Crippen LogP) is 9.25. The maximum Gasteiger partial charge on any atom is 0.262 e. The van der Waals surface area contributed by atoms with Gasteiger partial charge in [0.25, 0.3) is 11.8 Å². The van der Waals surface area contributed by atoms with Gasteiger partial charge in [0.15, 0.2) is 12.6 Å². The fraction of sp³-hybridized carbons (Fsp3) is 0.290. The molecule has 0 radical (unpaired) electrons. The zero-order valence-electron chi connectivity index (χ0n) is 41.4. The van der Waals surface area contributed by atoms with Crippen molar-refractivity contribution in [2.24, 2.45) is 0 Å². The molecule has 3 heterocycles. The Kier molecular flexibility index (Phi) is 17.7. The van der Waals surface area contributed by atoms with E-state index < -0.39 is 73.2 Å². The first kappa shape index (κ1) is 51.8. The summed E-state index contributed by atoms with van der Waals surface area (Å²) in [6, 6.07) is 63.7. The third-order valence-electron chi connectivity index (χ3n) is 13.6. The molecule has 1 N–H and O–H groups in total. The largest absolute Gasteiger partial charge is 0.374 e. The summed E-state index contributed by atoms with van der Waals surface area (Å²) in [5.41, 5.74) is 5.84. The molecule has 0 spiro atoms. The van der Waals surface area contributed by atoms with Crippen molar-refractivity contribution >= 4 is 11.8 Å². The first-order chi connectivity index (χ1) is 37.0. The summed E-state index contributed by atoms with van der Waals surface area (Å²) >= 11 is 0. The lowest BCUT2D eigenvalue weighted by atomic mass is 9.93. The fourth-order valence-corrected chi connectivity index (χ4v) is 9.80. The predicted molar refractivity (Wildman–Crippen MR) is 277 cm³/mol. The standard InChI is InChI=1S/C62H61NO12/c64-59-49-33-19-20-34-50(49)60(65)63(59)53-56(70-38-46-27-13-4-14-28-46)55(52(73-61(53)66)42-68-36-44-23-9-2-10-24-44)75-62-58(72-40-48-31-17-6-18-32-48)57(71-39-47-29-15-5-16-30-47)54(69-37-45-25-11-3-12-26-45)51(74-62)41-67-35-43-21-7-1-8-22-43/h1-34,51-58,61-62,66H,35-42H2/t51-,52-,53-,54-,55-,56-,57+,58-,61?,62?/m1/s1. The second kappa shape index (κ2) is 25.7. The van der Waals surface area contributed by atoms with Gasteiger partial charge in [-0.3, -0.25) is 14.5 Å². The van der Waals surface area contributed by atoms with Gasteiger partial charge in [-0.25, -0.2) is 0 Å². The number of carbonyl (C=O) groups is 2. The van der Waals surface area contributed by atoms with E-state index in [1.165, 1.54) is 0 Å². The molecule has 386 valence electrons. The Morgan fingerprint density at radius 1 is 0.373 bits per heavy atom. The Morgan fingerprint density at radius 2 is 0.707 bits per heavy atom. The van der Waals surface area contributed by atoms with E-state index in [9.17, 15) is 14.7 Å². The Balaban J connectivity index is 1.06. The van der Waals surface area contributed by atoms with E-state index in [4.69, 9.17) is 42.6 Å². The molecule has 2 unspecified atom stereocenters. The number of hydrogen-bond acceptors (Lipinski definition) is 12. The van der Waals surface area contributed by atoms with Crippen molar-refractivity contribution in [1.82, 2.24) is 4.90 Å². The normalized spacial score (nSPS) is 24.5. The van der Waals surface area contributed by atoms with Crippen LogP contribution in [0.4, 0.5) is 0 Å². The van der Waals surface area contributed by atoms with Gasteiger partial charge >= 0.3 is 0 Å². The molecule has 2 fully saturated rings. The van der Waals surface area contributed by atoms with E-state index in [-0.39, 0.29) is 64.0 Å². The highest BCUT2D eigenvalue weighted by Crippen LogP contribution is 2.38. The maximum atomic E-state index is 14.5. The Bertz CT molecular complexity index is 2810. The van der Waals surface area contributed by atoms with Crippen LogP contribution in [0, 0.1) is 0 Å². The van der Waals surface area contributed by atoms with Crippen LogP contribution in [-0.4, -0.2) is 96.4 Å². The van der Waals surface area contributed by atoms with Crippen LogP contribution in [0.25, 0.3) is 0 Å². The van der Waals surface area contributed by atoms with Crippen LogP contribution in [0.2, 0.25) is 0 Å². The molecular weight excluding hydrogens is 951 g/mol. The molecule has 7 aromatic rings. The van der Waals surface area contributed by atoms with Gasteiger partial charge in [-0.2, -0.15) is 0 Å². The lowest BCUT2D eigenvalue weighted by molar-refractivity contribution is -0.365. The number of ether oxygens (including phenoxy) is 9. The van der Waals surface area contributed by atoms with Crippen molar-refractivity contribution in [2.45, 2.75) is 101 Å². The number of imide groups is 1. The summed E-state index contributed by atoms with van der Waals surface area (Å²) < 4.78 is 61.9. The molecule has 0 saturated carbocycles. The number of fused-ring (bicyclic) bond motifs is 1. The first-order valence-electron chi connectivity index (χ1n) is 25.4. The first-order valence-corrected chi connectivity index (χ1v) is 25.4. The van der Waals surface area contributed by atoms with Crippen LogP contribution in [-0.2, 0) is 82.3 Å². The minimum atomic E-state index is -1.73. The maximum absolute atomic E-state index is 14.5. The average molecular weight is 1010 g/mol. The van der Waals surface area contributed by atoms with Crippen molar-refractivity contribution < 1.29 is 57.3 Å². The molecule has 2 amide bonds. The Labute approximate surface area is 437 Å². The second-order valence-corrected chi connectivity index (χ2v) is 18.8. The van der Waals surface area contributed by atoms with E-state index in [0.29, 0.717) is 0 Å². The number of aliphatic hydroxyl groups is 1.